The molecular formula is C26H25NO6S. The zero-order valence-electron chi connectivity index (χ0n) is 18.9. The highest BCUT2D eigenvalue weighted by Crippen LogP contribution is 2.34. The van der Waals surface area contributed by atoms with Crippen LogP contribution in [0.15, 0.2) is 62.4 Å². The number of carbonyl (C=O) groups is 2. The first-order chi connectivity index (χ1) is 16.4. The van der Waals surface area contributed by atoms with Crippen LogP contribution in [0.2, 0.25) is 0 Å². The summed E-state index contributed by atoms with van der Waals surface area (Å²) < 4.78 is 11.3. The van der Waals surface area contributed by atoms with Crippen LogP contribution < -0.4 is 10.9 Å². The van der Waals surface area contributed by atoms with Gasteiger partial charge in [0.25, 0.3) is 0 Å². The predicted molar refractivity (Wildman–Crippen MR) is 133 cm³/mol. The molecule has 4 aromatic rings. The van der Waals surface area contributed by atoms with Gasteiger partial charge < -0.3 is 19.3 Å². The maximum Gasteiger partial charge on any atom is 0.339 e. The lowest BCUT2D eigenvalue weighted by Gasteiger charge is -2.14. The first-order valence-electron chi connectivity index (χ1n) is 10.9. The van der Waals surface area contributed by atoms with Crippen molar-refractivity contribution in [3.05, 3.63) is 70.3 Å². The summed E-state index contributed by atoms with van der Waals surface area (Å²) in [6.45, 7) is 1.83. The third kappa shape index (κ3) is 4.87. The van der Waals surface area contributed by atoms with Crippen LogP contribution in [0.4, 0.5) is 0 Å². The standard InChI is InChI=1S/C26H25NO6S/c1-15-17(8-9-24(28)27-21(25(29)30)10-11-34-2)26(31)33-23-13-22-19(12-18(15)23)20(14-32-22)16-6-4-3-5-7-16/h3-7,12-14,21H,8-11H2,1-2H3,(H,27,28)(H,29,30). The lowest BCUT2D eigenvalue weighted by atomic mass is 9.99. The number of furan rings is 1. The first kappa shape index (κ1) is 23.6. The lowest BCUT2D eigenvalue weighted by Crippen LogP contribution is -2.41. The van der Waals surface area contributed by atoms with Crippen molar-refractivity contribution in [1.29, 1.82) is 0 Å². The van der Waals surface area contributed by atoms with Crippen molar-refractivity contribution in [2.24, 2.45) is 0 Å². The molecule has 0 radical (unpaired) electrons. The van der Waals surface area contributed by atoms with E-state index in [4.69, 9.17) is 8.83 Å². The molecule has 0 bridgehead atoms. The zero-order valence-corrected chi connectivity index (χ0v) is 19.7. The Labute approximate surface area is 200 Å². The number of aliphatic carboxylic acids is 1. The van der Waals surface area contributed by atoms with Gasteiger partial charge in [0, 0.05) is 34.4 Å². The van der Waals surface area contributed by atoms with E-state index >= 15 is 0 Å². The van der Waals surface area contributed by atoms with Crippen molar-refractivity contribution in [3.8, 4) is 11.1 Å². The molecule has 34 heavy (non-hydrogen) atoms. The van der Waals surface area contributed by atoms with E-state index in [1.165, 1.54) is 11.8 Å². The summed E-state index contributed by atoms with van der Waals surface area (Å²) in [5.74, 6) is -0.857. The highest BCUT2D eigenvalue weighted by atomic mass is 32.2. The summed E-state index contributed by atoms with van der Waals surface area (Å²) in [4.78, 5) is 36.5. The maximum atomic E-state index is 12.7. The summed E-state index contributed by atoms with van der Waals surface area (Å²) in [5, 5.41) is 13.5. The molecule has 4 rings (SSSR count). The second kappa shape index (κ2) is 10.2. The molecule has 1 amide bonds. The van der Waals surface area contributed by atoms with Gasteiger partial charge in [0.15, 0.2) is 0 Å². The summed E-state index contributed by atoms with van der Waals surface area (Å²) in [6.07, 6.45) is 4.04. The van der Waals surface area contributed by atoms with Crippen LogP contribution in [0.5, 0.6) is 0 Å². The predicted octanol–water partition coefficient (Wildman–Crippen LogP) is 4.77. The van der Waals surface area contributed by atoms with Crippen molar-refractivity contribution in [3.63, 3.8) is 0 Å². The number of carboxylic acids is 1. The van der Waals surface area contributed by atoms with Gasteiger partial charge in [0.05, 0.1) is 6.26 Å². The van der Waals surface area contributed by atoms with Gasteiger partial charge in [-0.3, -0.25) is 4.79 Å². The Balaban J connectivity index is 1.62. The molecule has 176 valence electrons. The van der Waals surface area contributed by atoms with Gasteiger partial charge in [-0.25, -0.2) is 9.59 Å². The molecule has 0 saturated heterocycles. The third-order valence-electron chi connectivity index (χ3n) is 5.91. The molecule has 0 aliphatic rings. The number of thioether (sulfide) groups is 1. The van der Waals surface area contributed by atoms with E-state index in [9.17, 15) is 19.5 Å². The Hall–Kier alpha value is -3.52. The van der Waals surface area contributed by atoms with Crippen LogP contribution >= 0.6 is 11.8 Å². The van der Waals surface area contributed by atoms with Crippen LogP contribution in [0.3, 0.4) is 0 Å². The smallest absolute Gasteiger partial charge is 0.339 e. The van der Waals surface area contributed by atoms with Crippen LogP contribution in [-0.2, 0) is 16.0 Å². The maximum absolute atomic E-state index is 12.7. The molecule has 2 aromatic heterocycles. The Kier molecular flexibility index (Phi) is 7.07. The van der Waals surface area contributed by atoms with Gasteiger partial charge in [-0.1, -0.05) is 30.3 Å². The molecule has 0 aliphatic heterocycles. The molecule has 1 atom stereocenters. The molecule has 0 fully saturated rings. The molecule has 1 unspecified atom stereocenters. The van der Waals surface area contributed by atoms with E-state index in [0.717, 1.165) is 27.5 Å². The molecule has 0 saturated carbocycles. The Bertz CT molecular complexity index is 1410. The van der Waals surface area contributed by atoms with Gasteiger partial charge in [0.2, 0.25) is 5.91 Å². The van der Waals surface area contributed by atoms with Crippen LogP contribution in [0.1, 0.15) is 24.0 Å². The second-order valence-corrected chi connectivity index (χ2v) is 9.08. The fraction of sp³-hybridized carbons (Fsp3) is 0.269. The summed E-state index contributed by atoms with van der Waals surface area (Å²) in [6, 6.07) is 12.6. The topological polar surface area (TPSA) is 110 Å². The molecule has 0 spiro atoms. The Morgan fingerprint density at radius 2 is 1.88 bits per heavy atom. The number of fused-ring (bicyclic) bond motifs is 2. The fourth-order valence-electron chi connectivity index (χ4n) is 4.04. The average molecular weight is 480 g/mol. The molecular weight excluding hydrogens is 454 g/mol. The minimum Gasteiger partial charge on any atom is -0.480 e. The normalized spacial score (nSPS) is 12.2. The van der Waals surface area contributed by atoms with E-state index < -0.39 is 23.5 Å². The van der Waals surface area contributed by atoms with Crippen molar-refractivity contribution < 1.29 is 23.5 Å². The van der Waals surface area contributed by atoms with Gasteiger partial charge in [-0.2, -0.15) is 11.8 Å². The van der Waals surface area contributed by atoms with Gasteiger partial charge in [-0.15, -0.1) is 0 Å². The number of nitrogens with one attached hydrogen (secondary N) is 1. The number of benzene rings is 2. The van der Waals surface area contributed by atoms with Gasteiger partial charge in [-0.05, 0) is 49.0 Å². The average Bonchev–Trinajstić information content (AvgIpc) is 3.23. The first-order valence-corrected chi connectivity index (χ1v) is 12.3. The van der Waals surface area contributed by atoms with Crippen molar-refractivity contribution in [1.82, 2.24) is 5.32 Å². The number of carbonyl (C=O) groups excluding carboxylic acids is 1. The summed E-state index contributed by atoms with van der Waals surface area (Å²) in [7, 11) is 0. The largest absolute Gasteiger partial charge is 0.480 e. The Morgan fingerprint density at radius 3 is 2.59 bits per heavy atom. The van der Waals surface area contributed by atoms with E-state index in [-0.39, 0.29) is 12.8 Å². The minimum atomic E-state index is -1.07. The van der Waals surface area contributed by atoms with Crippen LogP contribution in [-0.4, -0.2) is 35.0 Å². The number of carboxylic acid groups (broad SMARTS) is 1. The van der Waals surface area contributed by atoms with Crippen molar-refractivity contribution >= 4 is 45.6 Å². The quantitative estimate of drug-likeness (QED) is 0.333. The molecule has 2 N–H and O–H groups in total. The monoisotopic (exact) mass is 479 g/mol. The number of hydrogen-bond acceptors (Lipinski definition) is 6. The number of hydrogen-bond donors (Lipinski definition) is 2. The number of rotatable bonds is 9. The minimum absolute atomic E-state index is 0.0105. The Morgan fingerprint density at radius 1 is 1.12 bits per heavy atom. The van der Waals surface area contributed by atoms with Crippen LogP contribution in [0, 0.1) is 6.92 Å². The third-order valence-corrected chi connectivity index (χ3v) is 6.56. The molecule has 8 heteroatoms. The molecule has 7 nitrogen and oxygen atoms in total. The van der Waals surface area contributed by atoms with E-state index in [1.807, 2.05) is 49.6 Å². The SMILES string of the molecule is CSCCC(NC(=O)CCc1c(C)c2cc3c(-c4ccccc4)coc3cc2oc1=O)C(=O)O. The van der Waals surface area contributed by atoms with E-state index in [2.05, 4.69) is 5.32 Å². The van der Waals surface area contributed by atoms with E-state index in [1.54, 1.807) is 12.3 Å². The molecule has 2 heterocycles. The van der Waals surface area contributed by atoms with Gasteiger partial charge >= 0.3 is 11.6 Å². The number of amides is 1. The summed E-state index contributed by atoms with van der Waals surface area (Å²) >= 11 is 1.52. The van der Waals surface area contributed by atoms with Crippen LogP contribution in [0.25, 0.3) is 33.1 Å². The second-order valence-electron chi connectivity index (χ2n) is 8.09. The summed E-state index contributed by atoms with van der Waals surface area (Å²) in [5.41, 5.74) is 3.62. The van der Waals surface area contributed by atoms with Crippen molar-refractivity contribution in [2.75, 3.05) is 12.0 Å². The molecule has 2 aromatic carbocycles. The highest BCUT2D eigenvalue weighted by molar-refractivity contribution is 7.98. The van der Waals surface area contributed by atoms with Crippen molar-refractivity contribution in [2.45, 2.75) is 32.2 Å². The lowest BCUT2D eigenvalue weighted by molar-refractivity contribution is -0.141. The fourth-order valence-corrected chi connectivity index (χ4v) is 4.51. The zero-order chi connectivity index (χ0) is 24.2. The van der Waals surface area contributed by atoms with E-state index in [0.29, 0.717) is 28.9 Å². The van der Waals surface area contributed by atoms with Gasteiger partial charge in [0.1, 0.15) is 17.2 Å². The number of aryl methyl sites for hydroxylation is 1. The highest BCUT2D eigenvalue weighted by Gasteiger charge is 2.21. The molecule has 0 aliphatic carbocycles.